The molecule has 96 valence electrons. The van der Waals surface area contributed by atoms with Gasteiger partial charge in [-0.2, -0.15) is 0 Å². The van der Waals surface area contributed by atoms with Gasteiger partial charge in [0.15, 0.2) is 0 Å². The highest BCUT2D eigenvalue weighted by atomic mass is 35.5. The SMILES string of the molecule is OCC(NCc1cscn1)c1ccc(Cl)c(F)c1. The smallest absolute Gasteiger partial charge is 0.142 e. The summed E-state index contributed by atoms with van der Waals surface area (Å²) in [5.41, 5.74) is 3.30. The first-order chi connectivity index (χ1) is 8.70. The second kappa shape index (κ2) is 6.24. The third-order valence-electron chi connectivity index (χ3n) is 2.54. The van der Waals surface area contributed by atoms with Crippen molar-refractivity contribution in [1.82, 2.24) is 10.3 Å². The van der Waals surface area contributed by atoms with E-state index in [4.69, 9.17) is 11.6 Å². The van der Waals surface area contributed by atoms with Crippen LogP contribution in [0.3, 0.4) is 0 Å². The molecule has 1 unspecified atom stereocenters. The Morgan fingerprint density at radius 1 is 1.50 bits per heavy atom. The van der Waals surface area contributed by atoms with E-state index in [1.54, 1.807) is 11.6 Å². The van der Waals surface area contributed by atoms with Crippen molar-refractivity contribution in [2.75, 3.05) is 6.61 Å². The van der Waals surface area contributed by atoms with E-state index < -0.39 is 5.82 Å². The zero-order valence-corrected chi connectivity index (χ0v) is 11.0. The average Bonchev–Trinajstić information content (AvgIpc) is 2.87. The van der Waals surface area contributed by atoms with Crippen molar-refractivity contribution in [3.05, 3.63) is 51.2 Å². The summed E-state index contributed by atoms with van der Waals surface area (Å²) in [5.74, 6) is -0.483. The van der Waals surface area contributed by atoms with Crippen LogP contribution in [0.15, 0.2) is 29.1 Å². The normalized spacial score (nSPS) is 12.6. The third kappa shape index (κ3) is 3.26. The quantitative estimate of drug-likeness (QED) is 0.888. The second-order valence-electron chi connectivity index (χ2n) is 3.77. The molecule has 0 spiro atoms. The molecule has 2 N–H and O–H groups in total. The summed E-state index contributed by atoms with van der Waals surface area (Å²) in [6.45, 7) is 0.407. The summed E-state index contributed by atoms with van der Waals surface area (Å²) in [5, 5.41) is 14.5. The Balaban J connectivity index is 2.05. The zero-order valence-electron chi connectivity index (χ0n) is 9.44. The molecule has 0 bridgehead atoms. The molecule has 3 nitrogen and oxygen atoms in total. The summed E-state index contributed by atoms with van der Waals surface area (Å²) in [6.07, 6.45) is 0. The molecule has 0 saturated heterocycles. The highest BCUT2D eigenvalue weighted by Crippen LogP contribution is 2.20. The van der Waals surface area contributed by atoms with E-state index >= 15 is 0 Å². The molecule has 1 aromatic heterocycles. The number of aromatic nitrogens is 1. The molecule has 1 heterocycles. The average molecular weight is 287 g/mol. The molecule has 0 amide bonds. The van der Waals surface area contributed by atoms with E-state index in [-0.39, 0.29) is 17.7 Å². The first-order valence-corrected chi connectivity index (χ1v) is 6.69. The fourth-order valence-corrected chi connectivity index (χ4v) is 2.25. The van der Waals surface area contributed by atoms with Crippen molar-refractivity contribution in [1.29, 1.82) is 0 Å². The van der Waals surface area contributed by atoms with Gasteiger partial charge in [0.2, 0.25) is 0 Å². The van der Waals surface area contributed by atoms with Crippen LogP contribution in [-0.4, -0.2) is 16.7 Å². The largest absolute Gasteiger partial charge is 0.394 e. The van der Waals surface area contributed by atoms with Gasteiger partial charge in [-0.05, 0) is 17.7 Å². The van der Waals surface area contributed by atoms with Gasteiger partial charge in [0.05, 0.1) is 28.9 Å². The predicted molar refractivity (Wildman–Crippen MR) is 70.2 cm³/mol. The number of thiazole rings is 1. The van der Waals surface area contributed by atoms with Gasteiger partial charge in [-0.3, -0.25) is 0 Å². The van der Waals surface area contributed by atoms with Crippen LogP contribution in [0, 0.1) is 5.82 Å². The number of aliphatic hydroxyl groups is 1. The molecule has 0 fully saturated rings. The maximum Gasteiger partial charge on any atom is 0.142 e. The van der Waals surface area contributed by atoms with Crippen molar-refractivity contribution in [3.63, 3.8) is 0 Å². The van der Waals surface area contributed by atoms with Gasteiger partial charge in [0.25, 0.3) is 0 Å². The number of hydrogen-bond acceptors (Lipinski definition) is 4. The van der Waals surface area contributed by atoms with E-state index in [9.17, 15) is 9.50 Å². The van der Waals surface area contributed by atoms with E-state index in [1.165, 1.54) is 23.5 Å². The van der Waals surface area contributed by atoms with Crippen molar-refractivity contribution in [3.8, 4) is 0 Å². The van der Waals surface area contributed by atoms with E-state index in [0.29, 0.717) is 12.1 Å². The molecular weight excluding hydrogens is 275 g/mol. The summed E-state index contributed by atoms with van der Waals surface area (Å²) in [4.78, 5) is 4.13. The van der Waals surface area contributed by atoms with Crippen LogP contribution in [0.2, 0.25) is 5.02 Å². The molecule has 1 aromatic carbocycles. The van der Waals surface area contributed by atoms with Gasteiger partial charge in [-0.1, -0.05) is 17.7 Å². The molecule has 0 radical (unpaired) electrons. The van der Waals surface area contributed by atoms with Crippen molar-refractivity contribution >= 4 is 22.9 Å². The number of rotatable bonds is 5. The lowest BCUT2D eigenvalue weighted by Crippen LogP contribution is -2.24. The number of nitrogens with one attached hydrogen (secondary N) is 1. The van der Waals surface area contributed by atoms with E-state index in [1.807, 2.05) is 5.38 Å². The Labute approximate surface area is 113 Å². The Hall–Kier alpha value is -1.01. The highest BCUT2D eigenvalue weighted by molar-refractivity contribution is 7.07. The fourth-order valence-electron chi connectivity index (χ4n) is 1.57. The summed E-state index contributed by atoms with van der Waals surface area (Å²) >= 11 is 7.13. The van der Waals surface area contributed by atoms with Gasteiger partial charge < -0.3 is 10.4 Å². The number of halogens is 2. The van der Waals surface area contributed by atoms with Crippen molar-refractivity contribution < 1.29 is 9.50 Å². The Bertz CT molecular complexity index is 507. The summed E-state index contributed by atoms with van der Waals surface area (Å²) in [6, 6.07) is 4.18. The first-order valence-electron chi connectivity index (χ1n) is 5.37. The number of hydrogen-bond donors (Lipinski definition) is 2. The molecule has 6 heteroatoms. The maximum atomic E-state index is 13.3. The molecule has 2 rings (SSSR count). The van der Waals surface area contributed by atoms with Crippen LogP contribution in [0.5, 0.6) is 0 Å². The van der Waals surface area contributed by atoms with Crippen molar-refractivity contribution in [2.24, 2.45) is 0 Å². The molecule has 2 aromatic rings. The topological polar surface area (TPSA) is 45.1 Å². The molecular formula is C12H12ClFN2OS. The van der Waals surface area contributed by atoms with Crippen LogP contribution in [0.1, 0.15) is 17.3 Å². The summed E-state index contributed by atoms with van der Waals surface area (Å²) < 4.78 is 13.3. The molecule has 1 atom stereocenters. The van der Waals surface area contributed by atoms with Crippen LogP contribution < -0.4 is 5.32 Å². The maximum absolute atomic E-state index is 13.3. The summed E-state index contributed by atoms with van der Waals surface area (Å²) in [7, 11) is 0. The Morgan fingerprint density at radius 3 is 2.94 bits per heavy atom. The minimum atomic E-state index is -0.483. The third-order valence-corrected chi connectivity index (χ3v) is 3.48. The van der Waals surface area contributed by atoms with E-state index in [2.05, 4.69) is 10.3 Å². The van der Waals surface area contributed by atoms with Crippen LogP contribution in [0.25, 0.3) is 0 Å². The van der Waals surface area contributed by atoms with Crippen LogP contribution >= 0.6 is 22.9 Å². The van der Waals surface area contributed by atoms with Crippen LogP contribution in [0.4, 0.5) is 4.39 Å². The van der Waals surface area contributed by atoms with E-state index in [0.717, 1.165) is 5.69 Å². The molecule has 0 saturated carbocycles. The number of benzene rings is 1. The standard InChI is InChI=1S/C12H12ClFN2OS/c13-10-2-1-8(3-11(10)14)12(5-17)15-4-9-6-18-7-16-9/h1-3,6-7,12,15,17H,4-5H2. The first kappa shape index (κ1) is 13.4. The van der Waals surface area contributed by atoms with Crippen molar-refractivity contribution in [2.45, 2.75) is 12.6 Å². The number of nitrogens with zero attached hydrogens (tertiary/aromatic N) is 1. The Morgan fingerprint density at radius 2 is 2.33 bits per heavy atom. The predicted octanol–water partition coefficient (Wildman–Crippen LogP) is 2.76. The molecule has 0 aliphatic carbocycles. The highest BCUT2D eigenvalue weighted by Gasteiger charge is 2.12. The van der Waals surface area contributed by atoms with Gasteiger partial charge >= 0.3 is 0 Å². The lowest BCUT2D eigenvalue weighted by Gasteiger charge is -2.16. The zero-order chi connectivity index (χ0) is 13.0. The van der Waals surface area contributed by atoms with Gasteiger partial charge in [0, 0.05) is 11.9 Å². The minimum Gasteiger partial charge on any atom is -0.394 e. The van der Waals surface area contributed by atoms with Crippen LogP contribution in [-0.2, 0) is 6.54 Å². The monoisotopic (exact) mass is 286 g/mol. The second-order valence-corrected chi connectivity index (χ2v) is 4.90. The van der Waals surface area contributed by atoms with Gasteiger partial charge in [-0.15, -0.1) is 11.3 Å². The molecule has 0 aliphatic rings. The van der Waals surface area contributed by atoms with Gasteiger partial charge in [-0.25, -0.2) is 9.37 Å². The lowest BCUT2D eigenvalue weighted by molar-refractivity contribution is 0.243. The number of aliphatic hydroxyl groups excluding tert-OH is 1. The lowest BCUT2D eigenvalue weighted by atomic mass is 10.1. The Kier molecular flexibility index (Phi) is 4.66. The molecule has 18 heavy (non-hydrogen) atoms. The minimum absolute atomic E-state index is 0.0786. The molecule has 0 aliphatic heterocycles. The van der Waals surface area contributed by atoms with Gasteiger partial charge in [0.1, 0.15) is 5.82 Å². The fraction of sp³-hybridized carbons (Fsp3) is 0.250.